The molecule has 1 fully saturated rings. The van der Waals surface area contributed by atoms with E-state index in [2.05, 4.69) is 24.8 Å². The molecule has 100 valence electrons. The number of piperidine rings is 1. The number of nitrogens with zero attached hydrogens (tertiary/aromatic N) is 4. The lowest BCUT2D eigenvalue weighted by molar-refractivity contribution is -0.149. The van der Waals surface area contributed by atoms with Crippen LogP contribution in [0.5, 0.6) is 0 Å². The number of nitrogens with one attached hydrogen (secondary N) is 1. The molecule has 19 heavy (non-hydrogen) atoms. The van der Waals surface area contributed by atoms with Crippen LogP contribution in [0.4, 0.5) is 5.82 Å². The zero-order chi connectivity index (χ0) is 13.5. The van der Waals surface area contributed by atoms with Crippen LogP contribution in [0.3, 0.4) is 0 Å². The van der Waals surface area contributed by atoms with Crippen molar-refractivity contribution in [2.24, 2.45) is 5.41 Å². The molecule has 0 saturated carbocycles. The number of anilines is 1. The number of H-pyrrole nitrogens is 1. The normalized spacial score (nSPS) is 18.7. The van der Waals surface area contributed by atoms with Gasteiger partial charge in [-0.25, -0.2) is 15.0 Å². The minimum absolute atomic E-state index is 0.613. The molecule has 2 aromatic heterocycles. The van der Waals surface area contributed by atoms with E-state index in [0.29, 0.717) is 31.6 Å². The molecule has 1 aliphatic heterocycles. The Bertz CT molecular complexity index is 615. The lowest BCUT2D eigenvalue weighted by atomic mass is 9.80. The van der Waals surface area contributed by atoms with Gasteiger partial charge in [-0.05, 0) is 19.8 Å². The van der Waals surface area contributed by atoms with Gasteiger partial charge in [-0.2, -0.15) is 0 Å². The van der Waals surface area contributed by atoms with Crippen LogP contribution in [0.25, 0.3) is 11.2 Å². The maximum atomic E-state index is 11.2. The van der Waals surface area contributed by atoms with Gasteiger partial charge in [0.1, 0.15) is 11.8 Å². The lowest BCUT2D eigenvalue weighted by Crippen LogP contribution is -2.43. The number of hydrogen-bond acceptors (Lipinski definition) is 5. The highest BCUT2D eigenvalue weighted by atomic mass is 16.4. The van der Waals surface area contributed by atoms with E-state index < -0.39 is 11.4 Å². The molecule has 0 bridgehead atoms. The first kappa shape index (κ1) is 11.9. The Labute approximate surface area is 109 Å². The summed E-state index contributed by atoms with van der Waals surface area (Å²) in [6.07, 6.45) is 4.31. The summed E-state index contributed by atoms with van der Waals surface area (Å²) in [5.74, 6) is 0.0801. The third-order valence-electron chi connectivity index (χ3n) is 3.89. The Balaban J connectivity index is 1.86. The molecule has 0 atom stereocenters. The molecule has 3 heterocycles. The van der Waals surface area contributed by atoms with Crippen LogP contribution < -0.4 is 4.90 Å². The van der Waals surface area contributed by atoms with E-state index in [4.69, 9.17) is 0 Å². The average Bonchev–Trinajstić information content (AvgIpc) is 2.87. The maximum Gasteiger partial charge on any atom is 0.309 e. The van der Waals surface area contributed by atoms with E-state index in [1.54, 1.807) is 13.3 Å². The van der Waals surface area contributed by atoms with Crippen molar-refractivity contribution in [2.75, 3.05) is 18.0 Å². The van der Waals surface area contributed by atoms with Gasteiger partial charge < -0.3 is 15.0 Å². The van der Waals surface area contributed by atoms with Gasteiger partial charge in [0.25, 0.3) is 0 Å². The van der Waals surface area contributed by atoms with Crippen LogP contribution in [-0.2, 0) is 4.79 Å². The molecule has 0 amide bonds. The van der Waals surface area contributed by atoms with Gasteiger partial charge in [0, 0.05) is 13.1 Å². The largest absolute Gasteiger partial charge is 0.481 e. The number of fused-ring (bicyclic) bond motifs is 1. The van der Waals surface area contributed by atoms with E-state index in [1.807, 2.05) is 0 Å². The standard InChI is InChI=1S/C12H15N5O2/c1-12(11(18)19)2-4-17(5-3-12)10-8-9(14-6-13-8)15-7-16-10/h6-7H,2-5H2,1H3,(H,18,19)(H,13,14,15,16). The summed E-state index contributed by atoms with van der Waals surface area (Å²) in [5.41, 5.74) is 0.814. The number of carboxylic acids is 1. The fourth-order valence-corrected chi connectivity index (χ4v) is 2.42. The summed E-state index contributed by atoms with van der Waals surface area (Å²) in [4.78, 5) is 28.8. The Morgan fingerprint density at radius 3 is 2.79 bits per heavy atom. The van der Waals surface area contributed by atoms with Crippen molar-refractivity contribution >= 4 is 23.0 Å². The second kappa shape index (κ2) is 4.18. The van der Waals surface area contributed by atoms with Crippen LogP contribution in [0, 0.1) is 5.41 Å². The number of imidazole rings is 1. The number of carbonyl (C=O) groups is 1. The highest BCUT2D eigenvalue weighted by molar-refractivity contribution is 5.83. The van der Waals surface area contributed by atoms with Crippen molar-refractivity contribution in [1.29, 1.82) is 0 Å². The molecule has 7 heteroatoms. The molecule has 3 rings (SSSR count). The topological polar surface area (TPSA) is 95.0 Å². The third-order valence-corrected chi connectivity index (χ3v) is 3.89. The number of carboxylic acid groups (broad SMARTS) is 1. The SMILES string of the molecule is CC1(C(=O)O)CCN(c2ncnc3nc[nH]c23)CC1. The average molecular weight is 261 g/mol. The van der Waals surface area contributed by atoms with Crippen molar-refractivity contribution in [3.63, 3.8) is 0 Å². The molecule has 0 aromatic carbocycles. The molecule has 1 saturated heterocycles. The fourth-order valence-electron chi connectivity index (χ4n) is 2.42. The summed E-state index contributed by atoms with van der Waals surface area (Å²) in [6, 6.07) is 0. The third kappa shape index (κ3) is 1.91. The zero-order valence-corrected chi connectivity index (χ0v) is 10.6. The van der Waals surface area contributed by atoms with E-state index in [9.17, 15) is 9.90 Å². The van der Waals surface area contributed by atoms with Gasteiger partial charge in [-0.3, -0.25) is 4.79 Å². The van der Waals surface area contributed by atoms with Crippen molar-refractivity contribution in [1.82, 2.24) is 19.9 Å². The molecule has 7 nitrogen and oxygen atoms in total. The molecule has 0 spiro atoms. The predicted molar refractivity (Wildman–Crippen MR) is 68.9 cm³/mol. The number of aromatic nitrogens is 4. The Kier molecular flexibility index (Phi) is 2.62. The summed E-state index contributed by atoms with van der Waals surface area (Å²) in [6.45, 7) is 3.15. The Morgan fingerprint density at radius 1 is 1.37 bits per heavy atom. The van der Waals surface area contributed by atoms with Crippen molar-refractivity contribution < 1.29 is 9.90 Å². The molecular weight excluding hydrogens is 246 g/mol. The first-order valence-electron chi connectivity index (χ1n) is 6.22. The minimum atomic E-state index is -0.721. The van der Waals surface area contributed by atoms with Gasteiger partial charge in [0.05, 0.1) is 11.7 Å². The number of hydrogen-bond donors (Lipinski definition) is 2. The lowest BCUT2D eigenvalue weighted by Gasteiger charge is -2.37. The smallest absolute Gasteiger partial charge is 0.309 e. The van der Waals surface area contributed by atoms with Crippen LogP contribution in [0.1, 0.15) is 19.8 Å². The van der Waals surface area contributed by atoms with Crippen LogP contribution in [0.2, 0.25) is 0 Å². The Morgan fingerprint density at radius 2 is 2.11 bits per heavy atom. The molecular formula is C12H15N5O2. The van der Waals surface area contributed by atoms with Crippen molar-refractivity contribution in [3.8, 4) is 0 Å². The van der Waals surface area contributed by atoms with Crippen molar-refractivity contribution in [2.45, 2.75) is 19.8 Å². The minimum Gasteiger partial charge on any atom is -0.481 e. The predicted octanol–water partition coefficient (Wildman–Crippen LogP) is 1.04. The van der Waals surface area contributed by atoms with E-state index in [0.717, 1.165) is 11.3 Å². The van der Waals surface area contributed by atoms with E-state index in [1.165, 1.54) is 6.33 Å². The van der Waals surface area contributed by atoms with Gasteiger partial charge in [-0.1, -0.05) is 0 Å². The first-order valence-corrected chi connectivity index (χ1v) is 6.22. The molecule has 0 radical (unpaired) electrons. The van der Waals surface area contributed by atoms with Crippen LogP contribution in [-0.4, -0.2) is 44.1 Å². The second-order valence-corrected chi connectivity index (χ2v) is 5.15. The number of aliphatic carboxylic acids is 1. The zero-order valence-electron chi connectivity index (χ0n) is 10.6. The first-order chi connectivity index (χ1) is 9.10. The molecule has 1 aliphatic rings. The van der Waals surface area contributed by atoms with E-state index in [-0.39, 0.29) is 0 Å². The quantitative estimate of drug-likeness (QED) is 0.838. The van der Waals surface area contributed by atoms with E-state index >= 15 is 0 Å². The highest BCUT2D eigenvalue weighted by Crippen LogP contribution is 2.33. The number of aromatic amines is 1. The van der Waals surface area contributed by atoms with Gasteiger partial charge in [-0.15, -0.1) is 0 Å². The van der Waals surface area contributed by atoms with Gasteiger partial charge in [0.2, 0.25) is 0 Å². The van der Waals surface area contributed by atoms with Gasteiger partial charge >= 0.3 is 5.97 Å². The fraction of sp³-hybridized carbons (Fsp3) is 0.500. The summed E-state index contributed by atoms with van der Waals surface area (Å²) in [5, 5.41) is 9.23. The van der Waals surface area contributed by atoms with Crippen LogP contribution in [0.15, 0.2) is 12.7 Å². The number of rotatable bonds is 2. The molecule has 0 unspecified atom stereocenters. The van der Waals surface area contributed by atoms with Crippen molar-refractivity contribution in [3.05, 3.63) is 12.7 Å². The Hall–Kier alpha value is -2.18. The van der Waals surface area contributed by atoms with Crippen LogP contribution >= 0.6 is 0 Å². The summed E-state index contributed by atoms with van der Waals surface area (Å²) < 4.78 is 0. The summed E-state index contributed by atoms with van der Waals surface area (Å²) >= 11 is 0. The summed E-state index contributed by atoms with van der Waals surface area (Å²) in [7, 11) is 0. The monoisotopic (exact) mass is 261 g/mol. The molecule has 2 N–H and O–H groups in total. The van der Waals surface area contributed by atoms with Gasteiger partial charge in [0.15, 0.2) is 11.5 Å². The molecule has 0 aliphatic carbocycles. The molecule has 2 aromatic rings. The maximum absolute atomic E-state index is 11.2. The second-order valence-electron chi connectivity index (χ2n) is 5.15. The highest BCUT2D eigenvalue weighted by Gasteiger charge is 2.37.